The molecule has 1 aliphatic rings. The van der Waals surface area contributed by atoms with Crippen LogP contribution in [0.3, 0.4) is 0 Å². The normalized spacial score (nSPS) is 12.3. The number of aryl methyl sites for hydroxylation is 1. The zero-order chi connectivity index (χ0) is 18.4. The van der Waals surface area contributed by atoms with E-state index in [9.17, 15) is 4.39 Å². The summed E-state index contributed by atoms with van der Waals surface area (Å²) < 4.78 is 13.9. The average Bonchev–Trinajstić information content (AvgIpc) is 2.66. The van der Waals surface area contributed by atoms with Gasteiger partial charge in [0.15, 0.2) is 5.82 Å². The smallest absolute Gasteiger partial charge is 0.150 e. The Morgan fingerprint density at radius 2 is 1.85 bits per heavy atom. The van der Waals surface area contributed by atoms with Crippen LogP contribution < -0.4 is 0 Å². The molecule has 0 heterocycles. The Kier molecular flexibility index (Phi) is 6.12. The molecule has 3 rings (SSSR count). The van der Waals surface area contributed by atoms with Crippen molar-refractivity contribution >= 4 is 29.1 Å². The highest BCUT2D eigenvalue weighted by Crippen LogP contribution is 2.27. The third-order valence-electron chi connectivity index (χ3n) is 4.53. The van der Waals surface area contributed by atoms with E-state index in [1.54, 1.807) is 17.7 Å². The molecular weight excluding hydrogens is 341 g/mol. The fourth-order valence-electron chi connectivity index (χ4n) is 3.10. The highest BCUT2D eigenvalue weighted by molar-refractivity contribution is 7.78. The monoisotopic (exact) mass is 361 g/mol. The molecule has 0 fully saturated rings. The number of rotatable bonds is 4. The van der Waals surface area contributed by atoms with Crippen LogP contribution in [0.25, 0.3) is 6.08 Å². The first-order chi connectivity index (χ1) is 12.7. The van der Waals surface area contributed by atoms with E-state index in [2.05, 4.69) is 59.3 Å². The molecule has 0 aromatic heterocycles. The van der Waals surface area contributed by atoms with Crippen molar-refractivity contribution in [1.82, 2.24) is 0 Å². The molecule has 0 unspecified atom stereocenters. The lowest BCUT2D eigenvalue weighted by atomic mass is 9.89. The summed E-state index contributed by atoms with van der Waals surface area (Å²) in [5, 5.41) is 2.17. The minimum atomic E-state index is -0.440. The molecule has 0 radical (unpaired) electrons. The third-order valence-corrected chi connectivity index (χ3v) is 4.63. The van der Waals surface area contributed by atoms with E-state index >= 15 is 0 Å². The summed E-state index contributed by atoms with van der Waals surface area (Å²) in [5.41, 5.74) is 5.95. The molecule has 1 aliphatic carbocycles. The maximum absolute atomic E-state index is 13.9. The molecule has 0 bridgehead atoms. The minimum absolute atomic E-state index is 0.185. The maximum atomic E-state index is 13.9. The molecule has 0 atom stereocenters. The van der Waals surface area contributed by atoms with Gasteiger partial charge in [0, 0.05) is 11.1 Å². The van der Waals surface area contributed by atoms with E-state index in [1.807, 2.05) is 6.07 Å². The van der Waals surface area contributed by atoms with E-state index in [4.69, 9.17) is 0 Å². The summed E-state index contributed by atoms with van der Waals surface area (Å²) >= 11 is 4.50. The van der Waals surface area contributed by atoms with E-state index in [-0.39, 0.29) is 5.69 Å². The van der Waals surface area contributed by atoms with Crippen LogP contribution in [-0.2, 0) is 6.42 Å². The number of allylic oxidation sites excluding steroid dienone is 1. The Morgan fingerprint density at radius 1 is 1.08 bits per heavy atom. The number of isothiocyanates is 1. The van der Waals surface area contributed by atoms with Gasteiger partial charge in [0.1, 0.15) is 5.69 Å². The van der Waals surface area contributed by atoms with Crippen LogP contribution in [0.4, 0.5) is 10.1 Å². The SMILES string of the molecule is CCCCC1=Cc2ccc(C#Cc3ccc(N=C=S)c(F)c3)cc2CC1. The van der Waals surface area contributed by atoms with Crippen molar-refractivity contribution in [2.75, 3.05) is 0 Å². The lowest BCUT2D eigenvalue weighted by molar-refractivity contribution is 0.629. The van der Waals surface area contributed by atoms with Gasteiger partial charge in [0.2, 0.25) is 0 Å². The van der Waals surface area contributed by atoms with Crippen LogP contribution in [0.15, 0.2) is 47.0 Å². The molecule has 0 N–H and O–H groups in total. The first-order valence-corrected chi connectivity index (χ1v) is 9.32. The number of thiocarbonyl (C=S) groups is 1. The van der Waals surface area contributed by atoms with E-state index in [0.717, 1.165) is 18.4 Å². The first-order valence-electron chi connectivity index (χ1n) is 8.91. The predicted octanol–water partition coefficient (Wildman–Crippen LogP) is 6.48. The molecule has 0 spiro atoms. The van der Waals surface area contributed by atoms with Gasteiger partial charge in [0.25, 0.3) is 0 Å². The van der Waals surface area contributed by atoms with Gasteiger partial charge in [-0.15, -0.1) is 0 Å². The van der Waals surface area contributed by atoms with Gasteiger partial charge in [-0.05, 0) is 79.4 Å². The zero-order valence-electron chi connectivity index (χ0n) is 14.8. The van der Waals surface area contributed by atoms with Crippen LogP contribution in [0, 0.1) is 17.7 Å². The predicted molar refractivity (Wildman–Crippen MR) is 109 cm³/mol. The van der Waals surface area contributed by atoms with Gasteiger partial charge in [0.05, 0.1) is 5.16 Å². The summed E-state index contributed by atoms with van der Waals surface area (Å²) in [4.78, 5) is 3.67. The standard InChI is InChI=1S/C23H20FNS/c1-2-3-4-17-7-10-21-14-18(8-11-20(21)13-17)5-6-19-9-12-23(25-16-26)22(24)15-19/h8-9,11-15H,2-4,7,10H2,1H3. The molecular formula is C23H20FNS. The molecule has 130 valence electrons. The molecule has 3 heteroatoms. The van der Waals surface area contributed by atoms with Crippen molar-refractivity contribution in [3.05, 3.63) is 70.0 Å². The van der Waals surface area contributed by atoms with E-state index in [0.29, 0.717) is 5.56 Å². The molecule has 0 amide bonds. The number of fused-ring (bicyclic) bond motifs is 1. The summed E-state index contributed by atoms with van der Waals surface area (Å²) in [7, 11) is 0. The Hall–Kier alpha value is -2.53. The van der Waals surface area contributed by atoms with Crippen LogP contribution in [-0.4, -0.2) is 5.16 Å². The largest absolute Gasteiger partial charge is 0.205 e. The van der Waals surface area contributed by atoms with Gasteiger partial charge >= 0.3 is 0 Å². The highest BCUT2D eigenvalue weighted by Gasteiger charge is 2.10. The summed E-state index contributed by atoms with van der Waals surface area (Å²) in [6, 6.07) is 11.0. The summed E-state index contributed by atoms with van der Waals surface area (Å²) in [5.74, 6) is 5.71. The molecule has 26 heavy (non-hydrogen) atoms. The lowest BCUT2D eigenvalue weighted by Gasteiger charge is -2.16. The van der Waals surface area contributed by atoms with Gasteiger partial charge < -0.3 is 0 Å². The number of halogens is 1. The summed E-state index contributed by atoms with van der Waals surface area (Å²) in [6.07, 6.45) is 8.23. The maximum Gasteiger partial charge on any atom is 0.150 e. The molecule has 2 aromatic rings. The van der Waals surface area contributed by atoms with Gasteiger partial charge in [-0.3, -0.25) is 0 Å². The minimum Gasteiger partial charge on any atom is -0.205 e. The number of unbranched alkanes of at least 4 members (excludes halogenated alkanes) is 1. The summed E-state index contributed by atoms with van der Waals surface area (Å²) in [6.45, 7) is 2.23. The Bertz CT molecular complexity index is 956. The van der Waals surface area contributed by atoms with Gasteiger partial charge in [-0.2, -0.15) is 4.99 Å². The van der Waals surface area contributed by atoms with Gasteiger partial charge in [-0.25, -0.2) is 4.39 Å². The molecule has 1 nitrogen and oxygen atoms in total. The number of hydrogen-bond acceptors (Lipinski definition) is 2. The van der Waals surface area contributed by atoms with Crippen LogP contribution in [0.5, 0.6) is 0 Å². The number of nitrogens with zero attached hydrogens (tertiary/aromatic N) is 1. The second-order valence-electron chi connectivity index (χ2n) is 6.44. The molecule has 0 saturated heterocycles. The Labute approximate surface area is 159 Å². The van der Waals surface area contributed by atoms with Crippen LogP contribution in [0.1, 0.15) is 54.9 Å². The fraction of sp³-hybridized carbons (Fsp3) is 0.261. The number of aliphatic imine (C=N–C) groups is 1. The van der Waals surface area contributed by atoms with Crippen molar-refractivity contribution < 1.29 is 4.39 Å². The van der Waals surface area contributed by atoms with E-state index in [1.165, 1.54) is 36.5 Å². The van der Waals surface area contributed by atoms with Crippen LogP contribution >= 0.6 is 12.2 Å². The molecule has 0 saturated carbocycles. The van der Waals surface area contributed by atoms with Crippen molar-refractivity contribution in [2.45, 2.75) is 39.0 Å². The van der Waals surface area contributed by atoms with Crippen molar-refractivity contribution in [3.8, 4) is 11.8 Å². The second kappa shape index (κ2) is 8.72. The highest BCUT2D eigenvalue weighted by atomic mass is 32.1. The van der Waals surface area contributed by atoms with Crippen LogP contribution in [0.2, 0.25) is 0 Å². The van der Waals surface area contributed by atoms with E-state index < -0.39 is 5.82 Å². The molecule has 2 aromatic carbocycles. The average molecular weight is 361 g/mol. The number of hydrogen-bond donors (Lipinski definition) is 0. The molecule has 0 aliphatic heterocycles. The number of benzene rings is 2. The van der Waals surface area contributed by atoms with Crippen molar-refractivity contribution in [1.29, 1.82) is 0 Å². The first kappa shape index (κ1) is 18.3. The second-order valence-corrected chi connectivity index (χ2v) is 6.62. The fourth-order valence-corrected chi connectivity index (χ4v) is 3.20. The van der Waals surface area contributed by atoms with Gasteiger partial charge in [-0.1, -0.05) is 42.9 Å². The Balaban J connectivity index is 1.79. The van der Waals surface area contributed by atoms with Crippen molar-refractivity contribution in [2.24, 2.45) is 4.99 Å². The zero-order valence-corrected chi connectivity index (χ0v) is 15.6. The van der Waals surface area contributed by atoms with Crippen molar-refractivity contribution in [3.63, 3.8) is 0 Å². The third kappa shape index (κ3) is 4.55. The Morgan fingerprint density at radius 3 is 2.58 bits per heavy atom. The lowest BCUT2D eigenvalue weighted by Crippen LogP contribution is -2.00. The quantitative estimate of drug-likeness (QED) is 0.345. The topological polar surface area (TPSA) is 12.4 Å².